The third kappa shape index (κ3) is 2.08. The molecule has 0 bridgehead atoms. The Morgan fingerprint density at radius 1 is 1.22 bits per heavy atom. The molecule has 1 aliphatic heterocycles. The number of amides is 1. The van der Waals surface area contributed by atoms with Crippen LogP contribution in [0.5, 0.6) is 0 Å². The lowest BCUT2D eigenvalue weighted by atomic mass is 9.71. The first-order chi connectivity index (χ1) is 11.1. The van der Waals surface area contributed by atoms with Crippen molar-refractivity contribution in [3.05, 3.63) is 23.6 Å². The van der Waals surface area contributed by atoms with E-state index in [4.69, 9.17) is 4.42 Å². The van der Waals surface area contributed by atoms with Crippen molar-refractivity contribution in [3.63, 3.8) is 0 Å². The predicted molar refractivity (Wildman–Crippen MR) is 87.6 cm³/mol. The van der Waals surface area contributed by atoms with Crippen LogP contribution in [0.15, 0.2) is 16.9 Å². The molecule has 4 rings (SSSR count). The standard InChI is InChI=1S/C17H18N2O3S/c1-10-11-13(20)17(6-4-2-3-5-7-17)16(21)19-15(11)23-12(10)14-18-8-9-22-14/h8-9H,2-7H2,1H3,(H,19,21). The molecule has 23 heavy (non-hydrogen) atoms. The van der Waals surface area contributed by atoms with Gasteiger partial charge < -0.3 is 9.73 Å². The summed E-state index contributed by atoms with van der Waals surface area (Å²) < 4.78 is 5.37. The van der Waals surface area contributed by atoms with Crippen LogP contribution in [0, 0.1) is 12.3 Å². The van der Waals surface area contributed by atoms with Gasteiger partial charge in [-0.3, -0.25) is 9.59 Å². The summed E-state index contributed by atoms with van der Waals surface area (Å²) in [6.45, 7) is 1.91. The van der Waals surface area contributed by atoms with Gasteiger partial charge in [0.05, 0.1) is 16.6 Å². The van der Waals surface area contributed by atoms with Crippen LogP contribution in [0.3, 0.4) is 0 Å². The number of ketones is 1. The smallest absolute Gasteiger partial charge is 0.239 e. The Morgan fingerprint density at radius 2 is 1.96 bits per heavy atom. The van der Waals surface area contributed by atoms with Crippen molar-refractivity contribution in [2.45, 2.75) is 45.4 Å². The first-order valence-electron chi connectivity index (χ1n) is 8.03. The molecule has 2 aromatic heterocycles. The van der Waals surface area contributed by atoms with Crippen LogP contribution >= 0.6 is 11.3 Å². The van der Waals surface area contributed by atoms with E-state index in [1.807, 2.05) is 6.92 Å². The highest BCUT2D eigenvalue weighted by Gasteiger charge is 2.50. The van der Waals surface area contributed by atoms with Gasteiger partial charge in [0, 0.05) is 0 Å². The van der Waals surface area contributed by atoms with E-state index in [1.54, 1.807) is 6.20 Å². The first-order valence-corrected chi connectivity index (χ1v) is 8.85. The van der Waals surface area contributed by atoms with E-state index in [0.717, 1.165) is 36.1 Å². The normalized spacial score (nSPS) is 20.2. The van der Waals surface area contributed by atoms with E-state index in [0.29, 0.717) is 29.3 Å². The number of Topliss-reactive ketones (excluding diaryl/α,β-unsaturated/α-hetero) is 1. The number of thiophene rings is 1. The van der Waals surface area contributed by atoms with Crippen molar-refractivity contribution in [2.24, 2.45) is 5.41 Å². The van der Waals surface area contributed by atoms with Crippen LogP contribution in [0.4, 0.5) is 5.00 Å². The number of hydrogen-bond acceptors (Lipinski definition) is 5. The maximum Gasteiger partial charge on any atom is 0.239 e. The Labute approximate surface area is 138 Å². The second-order valence-corrected chi connectivity index (χ2v) is 7.40. The zero-order valence-electron chi connectivity index (χ0n) is 13.0. The van der Waals surface area contributed by atoms with Crippen molar-refractivity contribution in [1.82, 2.24) is 4.98 Å². The van der Waals surface area contributed by atoms with E-state index < -0.39 is 5.41 Å². The Morgan fingerprint density at radius 3 is 2.61 bits per heavy atom. The molecule has 0 atom stereocenters. The zero-order valence-corrected chi connectivity index (χ0v) is 13.8. The number of nitrogens with zero attached hydrogens (tertiary/aromatic N) is 1. The maximum atomic E-state index is 13.3. The molecule has 0 unspecified atom stereocenters. The number of carbonyl (C=O) groups is 2. The molecule has 1 N–H and O–H groups in total. The van der Waals surface area contributed by atoms with Crippen molar-refractivity contribution in [1.29, 1.82) is 0 Å². The molecule has 3 heterocycles. The molecule has 0 saturated heterocycles. The summed E-state index contributed by atoms with van der Waals surface area (Å²) in [5.74, 6) is 0.362. The van der Waals surface area contributed by atoms with Crippen molar-refractivity contribution in [3.8, 4) is 10.8 Å². The lowest BCUT2D eigenvalue weighted by Gasteiger charge is -2.33. The van der Waals surface area contributed by atoms with E-state index in [-0.39, 0.29) is 11.7 Å². The van der Waals surface area contributed by atoms with Gasteiger partial charge >= 0.3 is 0 Å². The van der Waals surface area contributed by atoms with Crippen LogP contribution in [0.25, 0.3) is 10.8 Å². The summed E-state index contributed by atoms with van der Waals surface area (Å²) in [5, 5.41) is 3.63. The Balaban J connectivity index is 1.83. The number of anilines is 1. The molecule has 0 aromatic carbocycles. The molecule has 1 saturated carbocycles. The van der Waals surface area contributed by atoms with Gasteiger partial charge in [-0.2, -0.15) is 0 Å². The minimum Gasteiger partial charge on any atom is -0.444 e. The lowest BCUT2D eigenvalue weighted by Crippen LogP contribution is -2.46. The number of nitrogens with one attached hydrogen (secondary N) is 1. The Hall–Kier alpha value is -1.95. The number of rotatable bonds is 1. The summed E-state index contributed by atoms with van der Waals surface area (Å²) in [5.41, 5.74) is 0.647. The van der Waals surface area contributed by atoms with Gasteiger partial charge in [0.1, 0.15) is 16.7 Å². The highest BCUT2D eigenvalue weighted by molar-refractivity contribution is 7.20. The second kappa shape index (κ2) is 5.30. The monoisotopic (exact) mass is 330 g/mol. The molecule has 1 spiro atoms. The quantitative estimate of drug-likeness (QED) is 0.796. The summed E-state index contributed by atoms with van der Waals surface area (Å²) in [4.78, 5) is 31.0. The largest absolute Gasteiger partial charge is 0.444 e. The molecule has 1 fully saturated rings. The van der Waals surface area contributed by atoms with Crippen molar-refractivity contribution >= 4 is 28.0 Å². The SMILES string of the molecule is Cc1c(-c2ncco2)sc2c1C(=O)C1(CCCCCC1)C(=O)N2. The fourth-order valence-corrected chi connectivity index (χ4v) is 4.90. The first kappa shape index (κ1) is 14.6. The van der Waals surface area contributed by atoms with Crippen LogP contribution in [0.1, 0.15) is 54.4 Å². The summed E-state index contributed by atoms with van der Waals surface area (Å²) in [6.07, 6.45) is 8.47. The highest BCUT2D eigenvalue weighted by atomic mass is 32.1. The third-order valence-corrected chi connectivity index (χ3v) is 6.25. The lowest BCUT2D eigenvalue weighted by molar-refractivity contribution is -0.124. The molecule has 2 aromatic rings. The van der Waals surface area contributed by atoms with Gasteiger partial charge in [0.25, 0.3) is 0 Å². The number of carbonyl (C=O) groups excluding carboxylic acids is 2. The van der Waals surface area contributed by atoms with E-state index in [2.05, 4.69) is 10.3 Å². The molecule has 0 radical (unpaired) electrons. The Bertz CT molecular complexity index is 768. The molecule has 6 heteroatoms. The summed E-state index contributed by atoms with van der Waals surface area (Å²) in [6, 6.07) is 0. The summed E-state index contributed by atoms with van der Waals surface area (Å²) >= 11 is 1.37. The molecular weight excluding hydrogens is 312 g/mol. The van der Waals surface area contributed by atoms with Crippen LogP contribution in [-0.2, 0) is 4.79 Å². The fourth-order valence-electron chi connectivity index (χ4n) is 3.77. The second-order valence-electron chi connectivity index (χ2n) is 6.38. The van der Waals surface area contributed by atoms with Crippen LogP contribution in [0.2, 0.25) is 0 Å². The van der Waals surface area contributed by atoms with E-state index in [9.17, 15) is 9.59 Å². The Kier molecular flexibility index (Phi) is 3.37. The predicted octanol–water partition coefficient (Wildman–Crippen LogP) is 4.19. The number of oxazole rings is 1. The molecule has 120 valence electrons. The molecule has 1 aliphatic carbocycles. The van der Waals surface area contributed by atoms with Crippen molar-refractivity contribution < 1.29 is 14.0 Å². The number of fused-ring (bicyclic) bond motifs is 1. The van der Waals surface area contributed by atoms with Crippen LogP contribution in [-0.4, -0.2) is 16.7 Å². The molecular formula is C17H18N2O3S. The maximum absolute atomic E-state index is 13.3. The van der Waals surface area contributed by atoms with Crippen LogP contribution < -0.4 is 5.32 Å². The minimum atomic E-state index is -0.872. The molecule has 2 aliphatic rings. The average molecular weight is 330 g/mol. The molecule has 1 amide bonds. The molecule has 5 nitrogen and oxygen atoms in total. The third-order valence-electron chi connectivity index (χ3n) is 5.05. The summed E-state index contributed by atoms with van der Waals surface area (Å²) in [7, 11) is 0. The number of hydrogen-bond donors (Lipinski definition) is 1. The van der Waals surface area contributed by atoms with Gasteiger partial charge in [-0.15, -0.1) is 11.3 Å². The van der Waals surface area contributed by atoms with Gasteiger partial charge in [-0.05, 0) is 25.3 Å². The average Bonchev–Trinajstić information content (AvgIpc) is 3.08. The highest BCUT2D eigenvalue weighted by Crippen LogP contribution is 2.49. The van der Waals surface area contributed by atoms with Gasteiger partial charge in [0.2, 0.25) is 11.8 Å². The van der Waals surface area contributed by atoms with Gasteiger partial charge in [0.15, 0.2) is 5.78 Å². The topological polar surface area (TPSA) is 72.2 Å². The van der Waals surface area contributed by atoms with Gasteiger partial charge in [-0.1, -0.05) is 25.7 Å². The van der Waals surface area contributed by atoms with E-state index in [1.165, 1.54) is 17.6 Å². The van der Waals surface area contributed by atoms with Crippen molar-refractivity contribution in [2.75, 3.05) is 5.32 Å². The zero-order chi connectivity index (χ0) is 16.0. The fraction of sp³-hybridized carbons (Fsp3) is 0.471. The van der Waals surface area contributed by atoms with Gasteiger partial charge in [-0.25, -0.2) is 4.98 Å². The minimum absolute atomic E-state index is 0.00953. The van der Waals surface area contributed by atoms with E-state index >= 15 is 0 Å². The number of aromatic nitrogens is 1.